The van der Waals surface area contributed by atoms with Crippen molar-refractivity contribution in [2.75, 3.05) is 16.2 Å². The summed E-state index contributed by atoms with van der Waals surface area (Å²) in [4.78, 5) is 12.0. The van der Waals surface area contributed by atoms with E-state index in [0.29, 0.717) is 5.69 Å². The maximum atomic E-state index is 12.9. The Balaban J connectivity index is 2.32. The summed E-state index contributed by atoms with van der Waals surface area (Å²) in [5.41, 5.74) is 0.918. The molecule has 0 aliphatic rings. The lowest BCUT2D eigenvalue weighted by molar-refractivity contribution is -0.123. The van der Waals surface area contributed by atoms with Gasteiger partial charge in [0.25, 0.3) is 14.4 Å². The summed E-state index contributed by atoms with van der Waals surface area (Å²) in [6, 6.07) is 7.23. The van der Waals surface area contributed by atoms with Gasteiger partial charge in [0, 0.05) is 12.0 Å². The highest BCUT2D eigenvalue weighted by Gasteiger charge is 2.29. The quantitative estimate of drug-likeness (QED) is 0.803. The van der Waals surface area contributed by atoms with Crippen LogP contribution in [-0.2, 0) is 14.8 Å². The van der Waals surface area contributed by atoms with E-state index in [1.165, 1.54) is 4.31 Å². The maximum Gasteiger partial charge on any atom is 0.293 e. The number of carbonyl (C=O) groups excluding carboxylic acids is 1. The molecular weight excluding hydrogens is 360 g/mol. The van der Waals surface area contributed by atoms with Gasteiger partial charge in [-0.1, -0.05) is 44.2 Å². The van der Waals surface area contributed by atoms with Gasteiger partial charge in [-0.3, -0.25) is 9.10 Å². The number of anilines is 2. The van der Waals surface area contributed by atoms with Crippen molar-refractivity contribution in [3.63, 3.8) is 0 Å². The Morgan fingerprint density at radius 1 is 1.28 bits per heavy atom. The molecule has 1 heterocycles. The third-order valence-corrected chi connectivity index (χ3v) is 6.48. The van der Waals surface area contributed by atoms with Crippen LogP contribution in [0.15, 0.2) is 28.6 Å². The molecule has 9 heteroatoms. The van der Waals surface area contributed by atoms with E-state index in [-0.39, 0.29) is 21.9 Å². The van der Waals surface area contributed by atoms with E-state index < -0.39 is 15.4 Å². The Hall–Kier alpha value is -2.00. The van der Waals surface area contributed by atoms with E-state index >= 15 is 0 Å². The van der Waals surface area contributed by atoms with Crippen LogP contribution >= 0.6 is 11.3 Å². The van der Waals surface area contributed by atoms with Crippen molar-refractivity contribution in [2.24, 2.45) is 5.41 Å². The fourth-order valence-corrected chi connectivity index (χ4v) is 4.48. The molecule has 2 aromatic rings. The Morgan fingerprint density at radius 3 is 2.52 bits per heavy atom. The molecule has 1 N–H and O–H groups in total. The topological polar surface area (TPSA) is 92.3 Å². The Bertz CT molecular complexity index is 870. The van der Waals surface area contributed by atoms with Crippen LogP contribution in [-0.4, -0.2) is 31.1 Å². The highest BCUT2D eigenvalue weighted by Crippen LogP contribution is 2.28. The van der Waals surface area contributed by atoms with Crippen LogP contribution in [0.4, 0.5) is 10.8 Å². The van der Waals surface area contributed by atoms with E-state index in [9.17, 15) is 13.2 Å². The van der Waals surface area contributed by atoms with Crippen LogP contribution in [0.25, 0.3) is 0 Å². The first kappa shape index (κ1) is 19.3. The molecule has 0 saturated heterocycles. The average Bonchev–Trinajstić information content (AvgIpc) is 2.96. The molecule has 25 heavy (non-hydrogen) atoms. The van der Waals surface area contributed by atoms with Crippen molar-refractivity contribution < 1.29 is 13.2 Å². The Labute approximate surface area is 152 Å². The molecule has 1 amide bonds. The maximum absolute atomic E-state index is 12.9. The lowest BCUT2D eigenvalue weighted by atomic mass is 9.96. The molecule has 0 aliphatic heterocycles. The van der Waals surface area contributed by atoms with Crippen LogP contribution in [0.1, 0.15) is 33.3 Å². The summed E-state index contributed by atoms with van der Waals surface area (Å²) in [6.45, 7) is 9.19. The molecule has 0 unspecified atom stereocenters. The van der Waals surface area contributed by atoms with Gasteiger partial charge in [-0.2, -0.15) is 8.42 Å². The number of hydrogen-bond acceptors (Lipinski definition) is 6. The minimum absolute atomic E-state index is 0.153. The summed E-state index contributed by atoms with van der Waals surface area (Å²) in [5, 5.41) is 10.3. The van der Waals surface area contributed by atoms with E-state index in [0.717, 1.165) is 16.9 Å². The zero-order valence-corrected chi connectivity index (χ0v) is 16.5. The number of nitrogens with one attached hydrogen (secondary N) is 1. The second kappa shape index (κ2) is 7.09. The third kappa shape index (κ3) is 4.35. The summed E-state index contributed by atoms with van der Waals surface area (Å²) in [5.74, 6) is -0.251. The minimum atomic E-state index is -3.84. The Kier molecular flexibility index (Phi) is 5.48. The molecule has 0 saturated carbocycles. The molecule has 0 spiro atoms. The number of rotatable bonds is 5. The molecule has 1 aromatic heterocycles. The van der Waals surface area contributed by atoms with Gasteiger partial charge in [0.05, 0.1) is 5.69 Å². The molecule has 0 radical (unpaired) electrons. The minimum Gasteiger partial charge on any atom is -0.300 e. The summed E-state index contributed by atoms with van der Waals surface area (Å²) in [7, 11) is -3.84. The molecule has 136 valence electrons. The standard InChI is InChI=1S/C16H22N4O3S2/c1-6-20(12-9-7-8-11(2)10-12)25(22,23)15-19-18-14(24-15)17-13(21)16(3,4)5/h7-10H,6H2,1-5H3,(H,17,18,21). The zero-order valence-electron chi connectivity index (χ0n) is 14.9. The fourth-order valence-electron chi connectivity index (χ4n) is 2.02. The van der Waals surface area contributed by atoms with Crippen molar-refractivity contribution in [2.45, 2.75) is 39.0 Å². The highest BCUT2D eigenvalue weighted by molar-refractivity contribution is 7.94. The van der Waals surface area contributed by atoms with Gasteiger partial charge in [-0.05, 0) is 31.5 Å². The molecule has 0 aliphatic carbocycles. The molecule has 0 fully saturated rings. The van der Waals surface area contributed by atoms with Crippen LogP contribution in [0.3, 0.4) is 0 Å². The largest absolute Gasteiger partial charge is 0.300 e. The fraction of sp³-hybridized carbons (Fsp3) is 0.438. The van der Waals surface area contributed by atoms with E-state index in [1.54, 1.807) is 45.9 Å². The van der Waals surface area contributed by atoms with Crippen LogP contribution < -0.4 is 9.62 Å². The first-order valence-electron chi connectivity index (χ1n) is 7.80. The van der Waals surface area contributed by atoms with Gasteiger partial charge in [0.1, 0.15) is 0 Å². The van der Waals surface area contributed by atoms with Gasteiger partial charge < -0.3 is 5.32 Å². The van der Waals surface area contributed by atoms with E-state index in [1.807, 2.05) is 13.0 Å². The third-order valence-electron chi connectivity index (χ3n) is 3.40. The molecule has 2 rings (SSSR count). The van der Waals surface area contributed by atoms with Crippen LogP contribution in [0, 0.1) is 12.3 Å². The number of aromatic nitrogens is 2. The van der Waals surface area contributed by atoms with Gasteiger partial charge in [0.2, 0.25) is 11.0 Å². The number of benzene rings is 1. The normalized spacial score (nSPS) is 12.0. The van der Waals surface area contributed by atoms with Crippen molar-refractivity contribution in [1.82, 2.24) is 10.2 Å². The summed E-state index contributed by atoms with van der Waals surface area (Å²) >= 11 is 0.843. The van der Waals surface area contributed by atoms with E-state index in [2.05, 4.69) is 15.5 Å². The van der Waals surface area contributed by atoms with Crippen molar-refractivity contribution in [3.05, 3.63) is 29.8 Å². The average molecular weight is 383 g/mol. The molecular formula is C16H22N4O3S2. The molecule has 0 atom stereocenters. The van der Waals surface area contributed by atoms with Gasteiger partial charge in [-0.15, -0.1) is 10.2 Å². The van der Waals surface area contributed by atoms with Gasteiger partial charge in [0.15, 0.2) is 0 Å². The number of carbonyl (C=O) groups is 1. The first-order valence-corrected chi connectivity index (χ1v) is 10.1. The second-order valence-electron chi connectivity index (χ2n) is 6.59. The smallest absolute Gasteiger partial charge is 0.293 e. The van der Waals surface area contributed by atoms with Crippen molar-refractivity contribution >= 4 is 38.1 Å². The number of sulfonamides is 1. The van der Waals surface area contributed by atoms with Crippen LogP contribution in [0.5, 0.6) is 0 Å². The molecule has 1 aromatic carbocycles. The molecule has 0 bridgehead atoms. The Morgan fingerprint density at radius 2 is 1.96 bits per heavy atom. The number of amides is 1. The van der Waals surface area contributed by atoms with Gasteiger partial charge in [-0.25, -0.2) is 0 Å². The number of nitrogens with zero attached hydrogens (tertiary/aromatic N) is 3. The van der Waals surface area contributed by atoms with Crippen LogP contribution in [0.2, 0.25) is 0 Å². The number of hydrogen-bond donors (Lipinski definition) is 1. The van der Waals surface area contributed by atoms with E-state index in [4.69, 9.17) is 0 Å². The predicted octanol–water partition coefficient (Wildman–Crippen LogP) is 3.05. The summed E-state index contributed by atoms with van der Waals surface area (Å²) < 4.78 is 26.9. The highest BCUT2D eigenvalue weighted by atomic mass is 32.2. The van der Waals surface area contributed by atoms with Crippen molar-refractivity contribution in [3.8, 4) is 0 Å². The summed E-state index contributed by atoms with van der Waals surface area (Å²) in [6.07, 6.45) is 0. The first-order chi connectivity index (χ1) is 11.6. The predicted molar refractivity (Wildman–Crippen MR) is 99.4 cm³/mol. The zero-order chi connectivity index (χ0) is 18.8. The monoisotopic (exact) mass is 382 g/mol. The lowest BCUT2D eigenvalue weighted by Crippen LogP contribution is -2.30. The number of aryl methyl sites for hydroxylation is 1. The van der Waals surface area contributed by atoms with Crippen molar-refractivity contribution in [1.29, 1.82) is 0 Å². The molecule has 7 nitrogen and oxygen atoms in total. The second-order valence-corrected chi connectivity index (χ2v) is 9.60. The SMILES string of the molecule is CCN(c1cccc(C)c1)S(=O)(=O)c1nnc(NC(=O)C(C)(C)C)s1. The van der Waals surface area contributed by atoms with Gasteiger partial charge >= 0.3 is 0 Å². The lowest BCUT2D eigenvalue weighted by Gasteiger charge is -2.21.